The van der Waals surface area contributed by atoms with Crippen LogP contribution in [0.5, 0.6) is 0 Å². The number of para-hydroxylation sites is 2. The van der Waals surface area contributed by atoms with Crippen LogP contribution in [-0.4, -0.2) is 113 Å². The van der Waals surface area contributed by atoms with Crippen LogP contribution in [0.1, 0.15) is 55.7 Å². The molecule has 4 heterocycles. The minimum atomic E-state index is -4.66. The Morgan fingerprint density at radius 1 is 0.940 bits per heavy atom. The number of likely N-dealkylation sites (tertiary alicyclic amines) is 2. The highest BCUT2D eigenvalue weighted by atomic mass is 35.5. The highest BCUT2D eigenvalue weighted by Gasteiger charge is 2.37. The summed E-state index contributed by atoms with van der Waals surface area (Å²) in [7, 11) is 3.52. The number of alkyl halides is 3. The SMILES string of the molecule is CNc1c(Cl)cc(C[C@@H](CC(=O)N2CCC(n3c(=O)[nH]c4ccccc43)CC2)C(=O)N2CCC(N3CCCN(C)CC3)CC2)cc1C(F)(F)F. The zero-order valence-electron chi connectivity index (χ0n) is 28.8. The minimum absolute atomic E-state index is 0.0447. The Morgan fingerprint density at radius 3 is 2.32 bits per heavy atom. The number of hydrogen-bond acceptors (Lipinski definition) is 6. The molecular formula is C36H47ClF3N7O3. The van der Waals surface area contributed by atoms with Gasteiger partial charge in [-0.25, -0.2) is 4.79 Å². The van der Waals surface area contributed by atoms with E-state index in [1.165, 1.54) is 13.1 Å². The Kier molecular flexibility index (Phi) is 11.1. The van der Waals surface area contributed by atoms with Crippen LogP contribution in [0.4, 0.5) is 18.9 Å². The molecule has 0 radical (unpaired) electrons. The lowest BCUT2D eigenvalue weighted by Gasteiger charge is -2.39. The maximum atomic E-state index is 14.2. The van der Waals surface area contributed by atoms with Crippen LogP contribution in [0.15, 0.2) is 41.2 Å². The topological polar surface area (TPSA) is 96.9 Å². The number of piperidine rings is 2. The molecule has 2 amide bonds. The first-order valence-corrected chi connectivity index (χ1v) is 18.1. The molecule has 272 valence electrons. The number of nitrogens with zero attached hydrogens (tertiary/aromatic N) is 5. The fourth-order valence-corrected chi connectivity index (χ4v) is 8.42. The molecule has 1 aromatic heterocycles. The van der Waals surface area contributed by atoms with Gasteiger partial charge in [0.1, 0.15) is 0 Å². The summed E-state index contributed by atoms with van der Waals surface area (Å²) in [4.78, 5) is 52.1. The van der Waals surface area contributed by atoms with Crippen molar-refractivity contribution in [3.05, 3.63) is 63.0 Å². The highest BCUT2D eigenvalue weighted by molar-refractivity contribution is 6.33. The van der Waals surface area contributed by atoms with E-state index in [4.69, 9.17) is 11.6 Å². The standard InChI is InChI=1S/C36H47ClF3N7O3/c1-41-33-28(36(38,39)40)21-24(22-29(33)37)20-25(34(49)46-16-8-26(9-17-46)44-13-5-12-43(2)18-19-44)23-32(48)45-14-10-27(11-15-45)47-31-7-4-3-6-30(31)42-35(47)50/h3-4,6-7,21-22,25-27,41H,5,8-20,23H2,1-2H3,(H,42,50)/t25-/m0/s1. The molecule has 10 nitrogen and oxygen atoms in total. The van der Waals surface area contributed by atoms with Gasteiger partial charge in [-0.3, -0.25) is 19.1 Å². The van der Waals surface area contributed by atoms with Crippen LogP contribution in [-0.2, 0) is 22.2 Å². The van der Waals surface area contributed by atoms with E-state index in [1.807, 2.05) is 24.3 Å². The predicted octanol–water partition coefficient (Wildman–Crippen LogP) is 5.08. The zero-order valence-corrected chi connectivity index (χ0v) is 29.5. The number of rotatable bonds is 8. The number of aromatic nitrogens is 2. The Hall–Kier alpha value is -3.55. The summed E-state index contributed by atoms with van der Waals surface area (Å²) in [5.41, 5.74) is 0.528. The van der Waals surface area contributed by atoms with Gasteiger partial charge in [-0.15, -0.1) is 0 Å². The molecule has 3 aromatic rings. The molecule has 0 bridgehead atoms. The minimum Gasteiger partial charge on any atom is -0.386 e. The number of carbonyl (C=O) groups excluding carboxylic acids is 2. The fraction of sp³-hybridized carbons (Fsp3) is 0.583. The van der Waals surface area contributed by atoms with Crippen LogP contribution in [0, 0.1) is 5.92 Å². The Bertz CT molecular complexity index is 1730. The van der Waals surface area contributed by atoms with Crippen molar-refractivity contribution < 1.29 is 22.8 Å². The molecule has 3 fully saturated rings. The molecule has 50 heavy (non-hydrogen) atoms. The van der Waals surface area contributed by atoms with E-state index in [-0.39, 0.29) is 52.7 Å². The number of fused-ring (bicyclic) bond motifs is 1. The number of hydrogen-bond donors (Lipinski definition) is 2. The Labute approximate surface area is 295 Å². The number of nitrogens with one attached hydrogen (secondary N) is 2. The molecule has 2 N–H and O–H groups in total. The first-order chi connectivity index (χ1) is 23.9. The van der Waals surface area contributed by atoms with E-state index in [0.717, 1.165) is 62.5 Å². The predicted molar refractivity (Wildman–Crippen MR) is 189 cm³/mol. The lowest BCUT2D eigenvalue weighted by molar-refractivity contribution is -0.143. The number of amides is 2. The van der Waals surface area contributed by atoms with Crippen LogP contribution in [0.2, 0.25) is 5.02 Å². The highest BCUT2D eigenvalue weighted by Crippen LogP contribution is 2.40. The molecule has 0 unspecified atom stereocenters. The summed E-state index contributed by atoms with van der Waals surface area (Å²) in [6, 6.07) is 10.3. The molecule has 0 spiro atoms. The first kappa shape index (κ1) is 36.2. The maximum Gasteiger partial charge on any atom is 0.418 e. The molecule has 1 atom stereocenters. The number of likely N-dealkylation sites (N-methyl/N-ethyl adjacent to an activating group) is 1. The average Bonchev–Trinajstić information content (AvgIpc) is 3.28. The Balaban J connectivity index is 1.17. The molecule has 0 aliphatic carbocycles. The Morgan fingerprint density at radius 2 is 1.62 bits per heavy atom. The van der Waals surface area contributed by atoms with Crippen molar-refractivity contribution in [1.82, 2.24) is 29.2 Å². The lowest BCUT2D eigenvalue weighted by atomic mass is 9.91. The summed E-state index contributed by atoms with van der Waals surface area (Å²) in [6.07, 6.45) is -0.948. The smallest absolute Gasteiger partial charge is 0.386 e. The third-order valence-electron chi connectivity index (χ3n) is 10.8. The second kappa shape index (κ2) is 15.4. The van der Waals surface area contributed by atoms with Crippen LogP contribution < -0.4 is 11.0 Å². The third kappa shape index (κ3) is 8.00. The van der Waals surface area contributed by atoms with Gasteiger partial charge in [-0.05, 0) is 88.5 Å². The summed E-state index contributed by atoms with van der Waals surface area (Å²) >= 11 is 6.33. The van der Waals surface area contributed by atoms with E-state index in [9.17, 15) is 27.6 Å². The van der Waals surface area contributed by atoms with Gasteiger partial charge in [0.05, 0.1) is 33.2 Å². The number of aromatic amines is 1. The van der Waals surface area contributed by atoms with Crippen molar-refractivity contribution >= 4 is 40.1 Å². The monoisotopic (exact) mass is 717 g/mol. The quantitative estimate of drug-likeness (QED) is 0.338. The second-order valence-electron chi connectivity index (χ2n) is 14.0. The number of anilines is 1. The van der Waals surface area contributed by atoms with E-state index in [2.05, 4.69) is 27.1 Å². The van der Waals surface area contributed by atoms with E-state index in [0.29, 0.717) is 45.1 Å². The molecule has 14 heteroatoms. The van der Waals surface area contributed by atoms with Crippen molar-refractivity contribution in [2.24, 2.45) is 5.92 Å². The normalized spacial score (nSPS) is 19.9. The van der Waals surface area contributed by atoms with E-state index in [1.54, 1.807) is 14.4 Å². The van der Waals surface area contributed by atoms with Gasteiger partial charge in [0.15, 0.2) is 0 Å². The van der Waals surface area contributed by atoms with Gasteiger partial charge in [-0.2, -0.15) is 13.2 Å². The van der Waals surface area contributed by atoms with Crippen molar-refractivity contribution in [2.45, 2.75) is 63.2 Å². The number of benzene rings is 2. The van der Waals surface area contributed by atoms with Crippen LogP contribution in [0.3, 0.4) is 0 Å². The number of halogens is 4. The van der Waals surface area contributed by atoms with Crippen molar-refractivity contribution in [3.8, 4) is 0 Å². The van der Waals surface area contributed by atoms with Crippen molar-refractivity contribution in [2.75, 3.05) is 71.8 Å². The van der Waals surface area contributed by atoms with Crippen molar-refractivity contribution in [1.29, 1.82) is 0 Å². The number of carbonyl (C=O) groups is 2. The molecule has 3 aliphatic heterocycles. The molecule has 6 rings (SSSR count). The zero-order chi connectivity index (χ0) is 35.6. The van der Waals surface area contributed by atoms with Gasteiger partial charge < -0.3 is 25.0 Å². The van der Waals surface area contributed by atoms with E-state index < -0.39 is 17.7 Å². The maximum absolute atomic E-state index is 14.2. The largest absolute Gasteiger partial charge is 0.418 e. The van der Waals surface area contributed by atoms with Crippen LogP contribution in [0.25, 0.3) is 11.0 Å². The molecule has 3 aliphatic rings. The first-order valence-electron chi connectivity index (χ1n) is 17.7. The molecule has 3 saturated heterocycles. The van der Waals surface area contributed by atoms with Gasteiger partial charge in [0.25, 0.3) is 0 Å². The van der Waals surface area contributed by atoms with Gasteiger partial charge in [0.2, 0.25) is 11.8 Å². The van der Waals surface area contributed by atoms with E-state index >= 15 is 0 Å². The number of H-pyrrole nitrogens is 1. The summed E-state index contributed by atoms with van der Waals surface area (Å²) < 4.78 is 43.9. The average molecular weight is 718 g/mol. The second-order valence-corrected chi connectivity index (χ2v) is 14.4. The third-order valence-corrected chi connectivity index (χ3v) is 11.1. The van der Waals surface area contributed by atoms with Gasteiger partial charge in [-0.1, -0.05) is 23.7 Å². The summed E-state index contributed by atoms with van der Waals surface area (Å²) in [5, 5.41) is 2.46. The summed E-state index contributed by atoms with van der Waals surface area (Å²) in [6.45, 7) is 5.99. The molecule has 2 aromatic carbocycles. The lowest BCUT2D eigenvalue weighted by Crippen LogP contribution is -2.50. The summed E-state index contributed by atoms with van der Waals surface area (Å²) in [5.74, 6) is -1.28. The molecular weight excluding hydrogens is 671 g/mol. The number of imidazole rings is 1. The van der Waals surface area contributed by atoms with Crippen LogP contribution >= 0.6 is 11.6 Å². The van der Waals surface area contributed by atoms with Gasteiger partial charge >= 0.3 is 11.9 Å². The fourth-order valence-electron chi connectivity index (χ4n) is 8.08. The van der Waals surface area contributed by atoms with Gasteiger partial charge in [0, 0.05) is 64.8 Å². The molecule has 0 saturated carbocycles. The van der Waals surface area contributed by atoms with Crippen molar-refractivity contribution in [3.63, 3.8) is 0 Å².